The van der Waals surface area contributed by atoms with Gasteiger partial charge < -0.3 is 10.1 Å². The number of aryl methyl sites for hydroxylation is 1. The summed E-state index contributed by atoms with van der Waals surface area (Å²) in [4.78, 5) is 15.3. The lowest BCUT2D eigenvalue weighted by Crippen LogP contribution is -2.55. The highest BCUT2D eigenvalue weighted by Crippen LogP contribution is 2.36. The lowest BCUT2D eigenvalue weighted by Gasteiger charge is -2.38. The number of carbonyl (C=O) groups excluding carboxylic acids is 1. The van der Waals surface area contributed by atoms with Gasteiger partial charge in [0, 0.05) is 26.1 Å². The van der Waals surface area contributed by atoms with E-state index in [9.17, 15) is 4.79 Å². The molecular formula is C21H30N2O2. The smallest absolute Gasteiger partial charge is 0.221 e. The molecule has 1 atom stereocenters. The van der Waals surface area contributed by atoms with Gasteiger partial charge in [-0.2, -0.15) is 0 Å². The van der Waals surface area contributed by atoms with Gasteiger partial charge in [0.1, 0.15) is 0 Å². The Hall–Kier alpha value is -1.39. The Balaban J connectivity index is 1.38. The van der Waals surface area contributed by atoms with E-state index in [1.807, 2.05) is 0 Å². The third-order valence-electron chi connectivity index (χ3n) is 6.28. The van der Waals surface area contributed by atoms with Crippen LogP contribution in [-0.2, 0) is 16.0 Å². The monoisotopic (exact) mass is 342 g/mol. The van der Waals surface area contributed by atoms with Gasteiger partial charge in [-0.25, -0.2) is 0 Å². The molecular weight excluding hydrogens is 312 g/mol. The van der Waals surface area contributed by atoms with E-state index in [0.717, 1.165) is 58.5 Å². The molecule has 4 nitrogen and oxygen atoms in total. The summed E-state index contributed by atoms with van der Waals surface area (Å²) in [6.45, 7) is 4.62. The zero-order valence-corrected chi connectivity index (χ0v) is 15.1. The van der Waals surface area contributed by atoms with Gasteiger partial charge >= 0.3 is 0 Å². The highest BCUT2D eigenvalue weighted by atomic mass is 16.5. The van der Waals surface area contributed by atoms with Crippen LogP contribution in [0.1, 0.15) is 55.6 Å². The maximum Gasteiger partial charge on any atom is 0.221 e. The number of fused-ring (bicyclic) bond motifs is 1. The Bertz CT molecular complexity index is 604. The number of ether oxygens (including phenoxy) is 1. The minimum absolute atomic E-state index is 0.00740. The van der Waals surface area contributed by atoms with Crippen molar-refractivity contribution in [2.75, 3.05) is 32.8 Å². The SMILES string of the molecule is O=C(C[C@@H]1CCc2ccccc21)NC1(CN2CCOCC2)CCCC1. The molecule has 0 aromatic heterocycles. The van der Waals surface area contributed by atoms with E-state index >= 15 is 0 Å². The van der Waals surface area contributed by atoms with Crippen LogP contribution in [0.5, 0.6) is 0 Å². The second-order valence-electron chi connectivity index (χ2n) is 8.06. The molecule has 1 N–H and O–H groups in total. The molecule has 1 saturated heterocycles. The van der Waals surface area contributed by atoms with Crippen molar-refractivity contribution in [1.29, 1.82) is 0 Å². The van der Waals surface area contributed by atoms with Crippen molar-refractivity contribution >= 4 is 5.91 Å². The summed E-state index contributed by atoms with van der Waals surface area (Å²) < 4.78 is 5.47. The predicted octanol–water partition coefficient (Wildman–Crippen LogP) is 2.87. The number of benzene rings is 1. The van der Waals surface area contributed by atoms with Gasteiger partial charge in [-0.3, -0.25) is 9.69 Å². The molecule has 0 unspecified atom stereocenters. The van der Waals surface area contributed by atoms with E-state index in [4.69, 9.17) is 4.74 Å². The van der Waals surface area contributed by atoms with E-state index in [2.05, 4.69) is 34.5 Å². The lowest BCUT2D eigenvalue weighted by molar-refractivity contribution is -0.123. The molecule has 0 radical (unpaired) electrons. The normalized spacial score (nSPS) is 25.7. The summed E-state index contributed by atoms with van der Waals surface area (Å²) >= 11 is 0. The van der Waals surface area contributed by atoms with E-state index in [1.54, 1.807) is 0 Å². The Morgan fingerprint density at radius 2 is 1.96 bits per heavy atom. The van der Waals surface area contributed by atoms with Crippen LogP contribution in [0.4, 0.5) is 0 Å². The third-order valence-corrected chi connectivity index (χ3v) is 6.28. The van der Waals surface area contributed by atoms with Crippen molar-refractivity contribution < 1.29 is 9.53 Å². The molecule has 0 spiro atoms. The molecule has 4 rings (SSSR count). The molecule has 3 aliphatic rings. The molecule has 2 fully saturated rings. The van der Waals surface area contributed by atoms with Crippen molar-refractivity contribution in [2.45, 2.75) is 56.4 Å². The molecule has 1 aromatic rings. The molecule has 1 amide bonds. The Labute approximate surface area is 150 Å². The minimum atomic E-state index is -0.00740. The molecule has 1 saturated carbocycles. The summed E-state index contributed by atoms with van der Waals surface area (Å²) in [6, 6.07) is 8.63. The van der Waals surface area contributed by atoms with Crippen LogP contribution >= 0.6 is 0 Å². The van der Waals surface area contributed by atoms with E-state index < -0.39 is 0 Å². The standard InChI is InChI=1S/C21H30N2O2/c24-20(15-18-8-7-17-5-1-2-6-19(17)18)22-21(9-3-4-10-21)16-23-11-13-25-14-12-23/h1-2,5-6,18H,3-4,7-16H2,(H,22,24)/t18-/m0/s1. The quantitative estimate of drug-likeness (QED) is 0.895. The average molecular weight is 342 g/mol. The molecule has 1 heterocycles. The Morgan fingerprint density at radius 1 is 1.20 bits per heavy atom. The van der Waals surface area contributed by atoms with Crippen molar-refractivity contribution in [3.8, 4) is 0 Å². The number of morpholine rings is 1. The number of amides is 1. The number of hydrogen-bond donors (Lipinski definition) is 1. The maximum absolute atomic E-state index is 12.9. The topological polar surface area (TPSA) is 41.6 Å². The fourth-order valence-corrected chi connectivity index (χ4v) is 4.99. The number of nitrogens with zero attached hydrogens (tertiary/aromatic N) is 1. The first-order valence-electron chi connectivity index (χ1n) is 9.93. The number of rotatable bonds is 5. The van der Waals surface area contributed by atoms with Gasteiger partial charge in [-0.1, -0.05) is 37.1 Å². The van der Waals surface area contributed by atoms with E-state index in [-0.39, 0.29) is 11.4 Å². The molecule has 1 aromatic carbocycles. The molecule has 2 aliphatic carbocycles. The van der Waals surface area contributed by atoms with Crippen LogP contribution in [0.15, 0.2) is 24.3 Å². The summed E-state index contributed by atoms with van der Waals surface area (Å²) in [5, 5.41) is 3.48. The molecule has 1 aliphatic heterocycles. The zero-order valence-electron chi connectivity index (χ0n) is 15.1. The van der Waals surface area contributed by atoms with Gasteiger partial charge in [0.2, 0.25) is 5.91 Å². The van der Waals surface area contributed by atoms with Crippen LogP contribution in [-0.4, -0.2) is 49.2 Å². The highest BCUT2D eigenvalue weighted by Gasteiger charge is 2.38. The van der Waals surface area contributed by atoms with Gasteiger partial charge in [0.05, 0.1) is 18.8 Å². The first-order chi connectivity index (χ1) is 12.2. The first kappa shape index (κ1) is 17.0. The van der Waals surface area contributed by atoms with Crippen molar-refractivity contribution in [2.24, 2.45) is 0 Å². The Morgan fingerprint density at radius 3 is 2.76 bits per heavy atom. The summed E-state index contributed by atoms with van der Waals surface area (Å²) in [6.07, 6.45) is 7.58. The van der Waals surface area contributed by atoms with Gasteiger partial charge in [-0.05, 0) is 42.7 Å². The first-order valence-corrected chi connectivity index (χ1v) is 9.93. The van der Waals surface area contributed by atoms with Gasteiger partial charge in [0.25, 0.3) is 0 Å². The highest BCUT2D eigenvalue weighted by molar-refractivity contribution is 5.78. The van der Waals surface area contributed by atoms with Crippen LogP contribution in [0.25, 0.3) is 0 Å². The molecule has 0 bridgehead atoms. The second-order valence-corrected chi connectivity index (χ2v) is 8.06. The fraction of sp³-hybridized carbons (Fsp3) is 0.667. The molecule has 25 heavy (non-hydrogen) atoms. The summed E-state index contributed by atoms with van der Waals surface area (Å²) in [5.74, 6) is 0.648. The van der Waals surface area contributed by atoms with Crippen molar-refractivity contribution in [3.63, 3.8) is 0 Å². The zero-order chi connectivity index (χ0) is 17.1. The number of carbonyl (C=O) groups is 1. The van der Waals surface area contributed by atoms with Crippen molar-refractivity contribution in [3.05, 3.63) is 35.4 Å². The lowest BCUT2D eigenvalue weighted by atomic mass is 9.93. The fourth-order valence-electron chi connectivity index (χ4n) is 4.99. The average Bonchev–Trinajstić information content (AvgIpc) is 3.24. The Kier molecular flexibility index (Phi) is 5.09. The van der Waals surface area contributed by atoms with Crippen LogP contribution in [0.3, 0.4) is 0 Å². The minimum Gasteiger partial charge on any atom is -0.379 e. The molecule has 4 heteroatoms. The summed E-state index contributed by atoms with van der Waals surface area (Å²) in [7, 11) is 0. The second kappa shape index (κ2) is 7.46. The van der Waals surface area contributed by atoms with Gasteiger partial charge in [0.15, 0.2) is 0 Å². The maximum atomic E-state index is 12.9. The van der Waals surface area contributed by atoms with Crippen LogP contribution < -0.4 is 5.32 Å². The third kappa shape index (κ3) is 3.90. The van der Waals surface area contributed by atoms with Crippen LogP contribution in [0.2, 0.25) is 0 Å². The number of nitrogens with one attached hydrogen (secondary N) is 1. The predicted molar refractivity (Wildman–Crippen MR) is 98.7 cm³/mol. The van der Waals surface area contributed by atoms with Crippen LogP contribution in [0, 0.1) is 0 Å². The van der Waals surface area contributed by atoms with E-state index in [0.29, 0.717) is 12.3 Å². The number of hydrogen-bond acceptors (Lipinski definition) is 3. The van der Waals surface area contributed by atoms with Crippen molar-refractivity contribution in [1.82, 2.24) is 10.2 Å². The van der Waals surface area contributed by atoms with E-state index in [1.165, 1.54) is 24.0 Å². The van der Waals surface area contributed by atoms with Gasteiger partial charge in [-0.15, -0.1) is 0 Å². The molecule has 136 valence electrons. The summed E-state index contributed by atoms with van der Waals surface area (Å²) in [5.41, 5.74) is 2.82. The largest absolute Gasteiger partial charge is 0.379 e.